The van der Waals surface area contributed by atoms with Crippen LogP contribution in [0.3, 0.4) is 0 Å². The number of aromatic nitrogens is 2. The van der Waals surface area contributed by atoms with Gasteiger partial charge in [-0.1, -0.05) is 0 Å². The van der Waals surface area contributed by atoms with Crippen LogP contribution in [0, 0.1) is 0 Å². The normalized spacial score (nSPS) is 16.8. The van der Waals surface area contributed by atoms with E-state index in [0.717, 1.165) is 29.2 Å². The van der Waals surface area contributed by atoms with Crippen molar-refractivity contribution in [1.29, 1.82) is 0 Å². The molecule has 0 aliphatic carbocycles. The SMILES string of the molecule is CC(C)(C)n1[nH]c2c(c1=O)CSCC2. The minimum atomic E-state index is -0.140. The van der Waals surface area contributed by atoms with Crippen LogP contribution in [0.4, 0.5) is 0 Å². The number of nitrogens with one attached hydrogen (secondary N) is 1. The molecule has 1 N–H and O–H groups in total. The first-order valence-electron chi connectivity index (χ1n) is 4.91. The fourth-order valence-electron chi connectivity index (χ4n) is 1.69. The Morgan fingerprint density at radius 2 is 2.14 bits per heavy atom. The molecule has 0 saturated heterocycles. The van der Waals surface area contributed by atoms with Gasteiger partial charge in [-0.2, -0.15) is 11.8 Å². The van der Waals surface area contributed by atoms with E-state index >= 15 is 0 Å². The van der Waals surface area contributed by atoms with Crippen molar-refractivity contribution in [3.63, 3.8) is 0 Å². The molecular weight excluding hydrogens is 196 g/mol. The van der Waals surface area contributed by atoms with E-state index in [1.165, 1.54) is 0 Å². The molecule has 1 aliphatic rings. The van der Waals surface area contributed by atoms with E-state index in [1.807, 2.05) is 32.5 Å². The minimum absolute atomic E-state index is 0.140. The molecule has 78 valence electrons. The number of hydrogen-bond acceptors (Lipinski definition) is 2. The minimum Gasteiger partial charge on any atom is -0.299 e. The van der Waals surface area contributed by atoms with Crippen LogP contribution in [-0.4, -0.2) is 15.5 Å². The predicted molar refractivity (Wildman–Crippen MR) is 59.9 cm³/mol. The average Bonchev–Trinajstić information content (AvgIpc) is 2.44. The predicted octanol–water partition coefficient (Wildman–Crippen LogP) is 1.72. The van der Waals surface area contributed by atoms with Gasteiger partial charge in [0.15, 0.2) is 0 Å². The Morgan fingerprint density at radius 1 is 1.43 bits per heavy atom. The quantitative estimate of drug-likeness (QED) is 0.711. The van der Waals surface area contributed by atoms with Gasteiger partial charge >= 0.3 is 0 Å². The van der Waals surface area contributed by atoms with Crippen LogP contribution in [0.1, 0.15) is 32.0 Å². The molecule has 0 aromatic carbocycles. The molecule has 0 spiro atoms. The molecule has 14 heavy (non-hydrogen) atoms. The maximum atomic E-state index is 12.0. The lowest BCUT2D eigenvalue weighted by molar-refractivity contribution is 0.343. The first-order chi connectivity index (χ1) is 6.50. The summed E-state index contributed by atoms with van der Waals surface area (Å²) in [6.45, 7) is 6.14. The maximum Gasteiger partial charge on any atom is 0.271 e. The summed E-state index contributed by atoms with van der Waals surface area (Å²) >= 11 is 1.84. The fraction of sp³-hybridized carbons (Fsp3) is 0.700. The number of H-pyrrole nitrogens is 1. The Hall–Kier alpha value is -0.640. The number of rotatable bonds is 0. The second kappa shape index (κ2) is 3.19. The zero-order valence-electron chi connectivity index (χ0n) is 8.89. The first kappa shape index (κ1) is 9.90. The lowest BCUT2D eigenvalue weighted by Gasteiger charge is -2.19. The molecule has 1 aromatic heterocycles. The van der Waals surface area contributed by atoms with Gasteiger partial charge in [-0.15, -0.1) is 0 Å². The highest BCUT2D eigenvalue weighted by molar-refractivity contribution is 7.98. The van der Waals surface area contributed by atoms with E-state index in [0.29, 0.717) is 0 Å². The van der Waals surface area contributed by atoms with E-state index < -0.39 is 0 Å². The lowest BCUT2D eigenvalue weighted by atomic mass is 10.1. The van der Waals surface area contributed by atoms with Crippen LogP contribution in [0.2, 0.25) is 0 Å². The van der Waals surface area contributed by atoms with Gasteiger partial charge < -0.3 is 0 Å². The van der Waals surface area contributed by atoms with Gasteiger partial charge in [0.1, 0.15) is 0 Å². The third-order valence-corrected chi connectivity index (χ3v) is 3.47. The van der Waals surface area contributed by atoms with Gasteiger partial charge in [-0.3, -0.25) is 9.89 Å². The molecule has 2 heterocycles. The fourth-order valence-corrected chi connectivity index (χ4v) is 2.69. The first-order valence-corrected chi connectivity index (χ1v) is 6.06. The molecular formula is C10H16N2OS. The number of hydrogen-bond donors (Lipinski definition) is 1. The third kappa shape index (κ3) is 1.52. The molecule has 0 radical (unpaired) electrons. The molecule has 0 fully saturated rings. The van der Waals surface area contributed by atoms with Crippen molar-refractivity contribution in [3.8, 4) is 0 Å². The van der Waals surface area contributed by atoms with Crippen LogP contribution >= 0.6 is 11.8 Å². The van der Waals surface area contributed by atoms with Gasteiger partial charge in [-0.05, 0) is 32.9 Å². The van der Waals surface area contributed by atoms with E-state index in [4.69, 9.17) is 0 Å². The Balaban J connectivity index is 2.55. The van der Waals surface area contributed by atoms with E-state index in [1.54, 1.807) is 4.68 Å². The van der Waals surface area contributed by atoms with Crippen LogP contribution < -0.4 is 5.56 Å². The summed E-state index contributed by atoms with van der Waals surface area (Å²) in [7, 11) is 0. The number of aromatic amines is 1. The molecule has 0 unspecified atom stereocenters. The summed E-state index contributed by atoms with van der Waals surface area (Å²) in [6.07, 6.45) is 0.998. The second-order valence-electron chi connectivity index (χ2n) is 4.68. The molecule has 0 atom stereocenters. The van der Waals surface area contributed by atoms with E-state index in [-0.39, 0.29) is 11.1 Å². The molecule has 4 heteroatoms. The number of thioether (sulfide) groups is 1. The Morgan fingerprint density at radius 3 is 2.71 bits per heavy atom. The summed E-state index contributed by atoms with van der Waals surface area (Å²) in [5.41, 5.74) is 2.15. The Kier molecular flexibility index (Phi) is 2.26. The topological polar surface area (TPSA) is 37.8 Å². The summed E-state index contributed by atoms with van der Waals surface area (Å²) < 4.78 is 1.75. The van der Waals surface area contributed by atoms with Gasteiger partial charge in [-0.25, -0.2) is 4.68 Å². The molecule has 3 nitrogen and oxygen atoms in total. The summed E-state index contributed by atoms with van der Waals surface area (Å²) in [5.74, 6) is 1.99. The van der Waals surface area contributed by atoms with E-state index in [9.17, 15) is 4.79 Å². The van der Waals surface area contributed by atoms with Crippen molar-refractivity contribution in [2.45, 2.75) is 38.5 Å². The van der Waals surface area contributed by atoms with Crippen LogP contribution in [0.25, 0.3) is 0 Å². The molecule has 1 aliphatic heterocycles. The van der Waals surface area contributed by atoms with Gasteiger partial charge in [0.05, 0.1) is 5.54 Å². The summed E-state index contributed by atoms with van der Waals surface area (Å²) in [5, 5.41) is 3.23. The third-order valence-electron chi connectivity index (χ3n) is 2.49. The van der Waals surface area contributed by atoms with E-state index in [2.05, 4.69) is 5.10 Å². The van der Waals surface area contributed by atoms with Crippen molar-refractivity contribution >= 4 is 11.8 Å². The lowest BCUT2D eigenvalue weighted by Crippen LogP contribution is -2.33. The van der Waals surface area contributed by atoms with Crippen molar-refractivity contribution in [3.05, 3.63) is 21.6 Å². The van der Waals surface area contributed by atoms with Crippen LogP contribution in [-0.2, 0) is 17.7 Å². The van der Waals surface area contributed by atoms with Crippen molar-refractivity contribution < 1.29 is 0 Å². The molecule has 0 amide bonds. The average molecular weight is 212 g/mol. The van der Waals surface area contributed by atoms with Crippen LogP contribution in [0.15, 0.2) is 4.79 Å². The zero-order chi connectivity index (χ0) is 10.3. The number of fused-ring (bicyclic) bond motifs is 1. The van der Waals surface area contributed by atoms with Gasteiger partial charge in [0, 0.05) is 17.0 Å². The van der Waals surface area contributed by atoms with Crippen LogP contribution in [0.5, 0.6) is 0 Å². The monoisotopic (exact) mass is 212 g/mol. The molecule has 0 saturated carbocycles. The highest BCUT2D eigenvalue weighted by atomic mass is 32.2. The highest BCUT2D eigenvalue weighted by Crippen LogP contribution is 2.22. The zero-order valence-corrected chi connectivity index (χ0v) is 9.70. The largest absolute Gasteiger partial charge is 0.299 e. The summed E-state index contributed by atoms with van der Waals surface area (Å²) in [6, 6.07) is 0. The highest BCUT2D eigenvalue weighted by Gasteiger charge is 2.23. The van der Waals surface area contributed by atoms with Crippen molar-refractivity contribution in [1.82, 2.24) is 9.78 Å². The standard InChI is InChI=1S/C10H16N2OS/c1-10(2,3)12-9(13)7-6-14-5-4-8(7)11-12/h11H,4-6H2,1-3H3. The molecule has 1 aromatic rings. The maximum absolute atomic E-state index is 12.0. The second-order valence-corrected chi connectivity index (χ2v) is 5.79. The smallest absolute Gasteiger partial charge is 0.271 e. The van der Waals surface area contributed by atoms with Crippen molar-refractivity contribution in [2.75, 3.05) is 5.75 Å². The Labute approximate surface area is 87.9 Å². The number of nitrogens with zero attached hydrogens (tertiary/aromatic N) is 1. The van der Waals surface area contributed by atoms with Crippen molar-refractivity contribution in [2.24, 2.45) is 0 Å². The van der Waals surface area contributed by atoms with Gasteiger partial charge in [0.25, 0.3) is 5.56 Å². The summed E-state index contributed by atoms with van der Waals surface area (Å²) in [4.78, 5) is 12.0. The molecule has 0 bridgehead atoms. The molecule has 2 rings (SSSR count). The number of aryl methyl sites for hydroxylation is 1. The van der Waals surface area contributed by atoms with Gasteiger partial charge in [0.2, 0.25) is 0 Å². The Bertz CT molecular complexity index is 397.